The second-order valence-corrected chi connectivity index (χ2v) is 20.8. The first kappa shape index (κ1) is 32.2. The number of pyridine rings is 1. The minimum absolute atomic E-state index is 0. The molecule has 0 spiro atoms. The molecular weight excluding hydrogens is 998 g/mol. The van der Waals surface area contributed by atoms with E-state index in [1.165, 1.54) is 0 Å². The van der Waals surface area contributed by atoms with Crippen LogP contribution in [0.4, 0.5) is 0 Å². The van der Waals surface area contributed by atoms with Crippen LogP contribution < -0.4 is 0 Å². The topological polar surface area (TPSA) is 50.9 Å². The van der Waals surface area contributed by atoms with Crippen LogP contribution in [0.5, 0.6) is 5.75 Å². The summed E-state index contributed by atoms with van der Waals surface area (Å²) in [5.74, 6) is 0.857. The molecule has 0 unspecified atom stereocenters. The SMILES string of the molecule is [2H]c1nc(-c2[c-]c(-c3cccc4c3nc(-c3cc(C(C)(C)C)cc(C(C)(C)C)c3O)n4-c3ccc(-c4ccccc4)c(CC(C)C)c3)cc(C(C)(C)C)c2)c([2H])c(-c2c([2H])c([2H])c(C(C([2H])([2H])[2H])(C([2H])([2H])[2H])C([2H])([2H])[2H])c([2H])c2[2H])c1[2H].[Pt]. The number of aromatic nitrogens is 3. The van der Waals surface area contributed by atoms with Gasteiger partial charge in [-0.15, -0.1) is 29.3 Å². The van der Waals surface area contributed by atoms with Gasteiger partial charge in [0.25, 0.3) is 0 Å². The Bertz CT molecular complexity index is 3760. The van der Waals surface area contributed by atoms with Crippen molar-refractivity contribution in [2.24, 2.45) is 5.92 Å². The average Bonchev–Trinajstić information content (AvgIpc) is 1.07. The molecule has 8 rings (SSSR count). The van der Waals surface area contributed by atoms with E-state index < -0.39 is 95.9 Å². The molecule has 0 aliphatic carbocycles. The zero-order chi connectivity index (χ0) is 61.1. The molecule has 2 heterocycles. The van der Waals surface area contributed by atoms with Gasteiger partial charge in [0.05, 0.1) is 26.2 Å². The molecule has 0 atom stereocenters. The van der Waals surface area contributed by atoms with Crippen LogP contribution in [0.1, 0.15) is 146 Å². The summed E-state index contributed by atoms with van der Waals surface area (Å²) in [4.78, 5) is 9.90. The van der Waals surface area contributed by atoms with E-state index in [9.17, 15) is 9.22 Å². The Morgan fingerprint density at radius 1 is 0.642 bits per heavy atom. The van der Waals surface area contributed by atoms with E-state index in [0.29, 0.717) is 45.0 Å². The largest absolute Gasteiger partial charge is 0.507 e. The minimum atomic E-state index is -3.93. The Hall–Kier alpha value is -5.57. The van der Waals surface area contributed by atoms with Gasteiger partial charge < -0.3 is 5.11 Å². The van der Waals surface area contributed by atoms with Crippen LogP contribution in [0.2, 0.25) is 0 Å². The van der Waals surface area contributed by atoms with Gasteiger partial charge in [-0.3, -0.25) is 9.55 Å². The molecule has 67 heavy (non-hydrogen) atoms. The fraction of sp³-hybridized carbons (Fsp3) is 0.323. The van der Waals surface area contributed by atoms with Crippen molar-refractivity contribution in [1.82, 2.24) is 14.5 Å². The number of nitrogens with zero attached hydrogens (tertiary/aromatic N) is 3. The third kappa shape index (κ3) is 10.3. The van der Waals surface area contributed by atoms with Gasteiger partial charge >= 0.3 is 0 Å². The third-order valence-corrected chi connectivity index (χ3v) is 11.9. The van der Waals surface area contributed by atoms with E-state index in [2.05, 4.69) is 107 Å². The molecule has 5 heteroatoms. The van der Waals surface area contributed by atoms with Gasteiger partial charge in [-0.1, -0.05) is 193 Å². The summed E-state index contributed by atoms with van der Waals surface area (Å²) < 4.78 is 141. The first-order chi connectivity index (χ1) is 37.6. The van der Waals surface area contributed by atoms with Gasteiger partial charge in [0, 0.05) is 56.5 Å². The fourth-order valence-corrected chi connectivity index (χ4v) is 8.27. The Balaban J connectivity index is 0.00000990. The quantitative estimate of drug-likeness (QED) is 0.154. The van der Waals surface area contributed by atoms with Crippen molar-refractivity contribution >= 4 is 11.0 Å². The number of para-hydroxylation sites is 1. The predicted octanol–water partition coefficient (Wildman–Crippen LogP) is 16.6. The Kier molecular flexibility index (Phi) is 8.89. The summed E-state index contributed by atoms with van der Waals surface area (Å²) >= 11 is 0. The van der Waals surface area contributed by atoms with Crippen LogP contribution in [0.3, 0.4) is 0 Å². The maximum absolute atomic E-state index is 12.6. The molecule has 0 fully saturated rings. The smallest absolute Gasteiger partial charge is 0.148 e. The standard InChI is InChI=1S/C62H68N3O.Pt/c1-39(2)31-43-35-49(27-28-50(43)41-19-16-15-17-20-41)65-55-22-18-21-51(56(55)64-58(65)52-37-48(61(9,10)11)38-53(57(52)66)62(12,13)14)44-32-45(34-47(33-44)60(6,7)8)54-36-42(29-30-63-54)40-23-25-46(26-24-40)59(3,4)5;/h15-30,33-39,66H,31H2,1-14H3;/q-1;/i3D3,4D3,5D3,23D,24D,25D,26D,29D,30D,36D;. The van der Waals surface area contributed by atoms with Crippen molar-refractivity contribution in [3.63, 3.8) is 0 Å². The van der Waals surface area contributed by atoms with Crippen molar-refractivity contribution in [2.45, 2.75) is 125 Å². The average molecular weight is 1080 g/mol. The van der Waals surface area contributed by atoms with Gasteiger partial charge in [-0.25, -0.2) is 4.98 Å². The summed E-state index contributed by atoms with van der Waals surface area (Å²) in [7, 11) is 0. The van der Waals surface area contributed by atoms with Crippen LogP contribution in [-0.4, -0.2) is 19.6 Å². The third-order valence-electron chi connectivity index (χ3n) is 11.9. The van der Waals surface area contributed by atoms with Crippen LogP contribution in [0, 0.1) is 12.0 Å². The summed E-state index contributed by atoms with van der Waals surface area (Å²) in [6.07, 6.45) is 0.0239. The minimum Gasteiger partial charge on any atom is -0.507 e. The first-order valence-corrected chi connectivity index (χ1v) is 22.4. The number of hydrogen-bond donors (Lipinski definition) is 1. The summed E-state index contributed by atoms with van der Waals surface area (Å²) in [6.45, 7) is 11.0. The molecule has 2 aromatic heterocycles. The van der Waals surface area contributed by atoms with Crippen molar-refractivity contribution in [2.75, 3.05) is 0 Å². The Morgan fingerprint density at radius 2 is 1.31 bits per heavy atom. The first-order valence-electron chi connectivity index (χ1n) is 30.4. The van der Waals surface area contributed by atoms with Crippen molar-refractivity contribution in [3.8, 4) is 67.5 Å². The summed E-state index contributed by atoms with van der Waals surface area (Å²) in [6, 6.07) is 27.2. The van der Waals surface area contributed by atoms with Gasteiger partial charge in [0.1, 0.15) is 11.6 Å². The normalized spacial score (nSPS) is 16.5. The van der Waals surface area contributed by atoms with Crippen molar-refractivity contribution in [1.29, 1.82) is 0 Å². The summed E-state index contributed by atoms with van der Waals surface area (Å²) in [5, 5.41) is 12.6. The molecule has 0 bridgehead atoms. The Labute approximate surface area is 437 Å². The van der Waals surface area contributed by atoms with Crippen LogP contribution >= 0.6 is 0 Å². The van der Waals surface area contributed by atoms with Gasteiger partial charge in [-0.2, -0.15) is 0 Å². The number of phenolic OH excluding ortho intramolecular Hbond substituents is 1. The number of imidazole rings is 1. The molecule has 0 saturated carbocycles. The van der Waals surface area contributed by atoms with E-state index in [0.717, 1.165) is 39.9 Å². The number of hydrogen-bond acceptors (Lipinski definition) is 3. The van der Waals surface area contributed by atoms with E-state index >= 15 is 0 Å². The van der Waals surface area contributed by atoms with Crippen LogP contribution in [-0.2, 0) is 49.1 Å². The van der Waals surface area contributed by atoms with Crippen molar-refractivity contribution in [3.05, 3.63) is 167 Å². The van der Waals surface area contributed by atoms with Crippen LogP contribution in [0.15, 0.2) is 133 Å². The second kappa shape index (κ2) is 18.5. The van der Waals surface area contributed by atoms with E-state index in [1.807, 2.05) is 69.3 Å². The molecule has 4 nitrogen and oxygen atoms in total. The Morgan fingerprint density at radius 3 is 1.96 bits per heavy atom. The summed E-state index contributed by atoms with van der Waals surface area (Å²) in [5.41, 5.74) is 1.09. The number of aromatic hydroxyl groups is 1. The molecule has 0 aliphatic rings. The van der Waals surface area contributed by atoms with E-state index in [1.54, 1.807) is 6.07 Å². The molecule has 0 saturated heterocycles. The second-order valence-electron chi connectivity index (χ2n) is 20.8. The zero-order valence-corrected chi connectivity index (χ0v) is 42.3. The van der Waals surface area contributed by atoms with Gasteiger partial charge in [0.15, 0.2) is 0 Å². The van der Waals surface area contributed by atoms with E-state index in [-0.39, 0.29) is 43.5 Å². The van der Waals surface area contributed by atoms with Crippen molar-refractivity contribution < 1.29 is 48.1 Å². The maximum atomic E-state index is 12.6. The molecule has 348 valence electrons. The molecule has 1 N–H and O–H groups in total. The molecule has 0 aliphatic heterocycles. The number of phenols is 1. The number of rotatable bonds is 8. The fourth-order valence-electron chi connectivity index (χ4n) is 8.27. The number of fused-ring (bicyclic) bond motifs is 1. The molecule has 8 aromatic rings. The van der Waals surface area contributed by atoms with E-state index in [4.69, 9.17) is 22.8 Å². The van der Waals surface area contributed by atoms with Gasteiger partial charge in [0.2, 0.25) is 0 Å². The monoisotopic (exact) mass is 1080 g/mol. The molecule has 0 amide bonds. The predicted molar refractivity (Wildman–Crippen MR) is 280 cm³/mol. The zero-order valence-electron chi connectivity index (χ0n) is 56.0. The molecule has 0 radical (unpaired) electrons. The molecular formula is C62H68N3OPt-. The molecule has 6 aromatic carbocycles. The maximum Gasteiger partial charge on any atom is 0.148 e. The number of benzene rings is 6. The van der Waals surface area contributed by atoms with Gasteiger partial charge in [-0.05, 0) is 103 Å². The van der Waals surface area contributed by atoms with Crippen LogP contribution in [0.25, 0.3) is 72.7 Å².